The van der Waals surface area contributed by atoms with Gasteiger partial charge in [-0.1, -0.05) is 12.1 Å². The van der Waals surface area contributed by atoms with E-state index in [4.69, 9.17) is 10.00 Å². The number of para-hydroxylation sites is 1. The molecule has 2 N–H and O–H groups in total. The molecule has 1 aliphatic heterocycles. The van der Waals surface area contributed by atoms with Gasteiger partial charge < -0.3 is 15.4 Å². The Bertz CT molecular complexity index is 781. The van der Waals surface area contributed by atoms with Crippen LogP contribution in [0.1, 0.15) is 15.9 Å². The molecule has 1 aliphatic rings. The number of aromatic nitrogens is 2. The first-order valence-electron chi connectivity index (χ1n) is 8.43. The first kappa shape index (κ1) is 17.8. The summed E-state index contributed by atoms with van der Waals surface area (Å²) >= 11 is 0. The molecule has 0 saturated carbocycles. The van der Waals surface area contributed by atoms with E-state index in [1.54, 1.807) is 18.2 Å². The van der Waals surface area contributed by atoms with Crippen LogP contribution in [0.4, 0.5) is 11.6 Å². The van der Waals surface area contributed by atoms with E-state index in [1.807, 2.05) is 6.07 Å². The maximum Gasteiger partial charge on any atom is 0.254 e. The lowest BCUT2D eigenvalue weighted by Crippen LogP contribution is -2.41. The predicted molar refractivity (Wildman–Crippen MR) is 96.1 cm³/mol. The minimum absolute atomic E-state index is 0.206. The van der Waals surface area contributed by atoms with Crippen molar-refractivity contribution in [1.82, 2.24) is 20.2 Å². The van der Waals surface area contributed by atoms with Gasteiger partial charge in [0.1, 0.15) is 6.07 Å². The summed E-state index contributed by atoms with van der Waals surface area (Å²) in [5.74, 6) is 0.125. The van der Waals surface area contributed by atoms with Gasteiger partial charge in [0.2, 0.25) is 5.95 Å². The zero-order valence-electron chi connectivity index (χ0n) is 14.3. The lowest BCUT2D eigenvalue weighted by atomic mass is 10.2. The van der Waals surface area contributed by atoms with Gasteiger partial charge in [0.05, 0.1) is 30.0 Å². The summed E-state index contributed by atoms with van der Waals surface area (Å²) in [6.45, 7) is 4.62. The van der Waals surface area contributed by atoms with Crippen molar-refractivity contribution in [3.8, 4) is 6.07 Å². The molecule has 8 heteroatoms. The van der Waals surface area contributed by atoms with E-state index < -0.39 is 0 Å². The molecule has 0 atom stereocenters. The largest absolute Gasteiger partial charge is 0.379 e. The molecule has 2 aromatic rings. The quantitative estimate of drug-likeness (QED) is 0.804. The van der Waals surface area contributed by atoms with Crippen molar-refractivity contribution in [2.45, 2.75) is 0 Å². The van der Waals surface area contributed by atoms with Gasteiger partial charge in [0, 0.05) is 38.6 Å². The highest BCUT2D eigenvalue weighted by Gasteiger charge is 2.11. The Labute approximate surface area is 151 Å². The molecule has 26 heavy (non-hydrogen) atoms. The van der Waals surface area contributed by atoms with Gasteiger partial charge in [-0.2, -0.15) is 5.26 Å². The van der Waals surface area contributed by atoms with E-state index >= 15 is 0 Å². The van der Waals surface area contributed by atoms with Gasteiger partial charge in [-0.05, 0) is 12.1 Å². The number of amides is 1. The zero-order chi connectivity index (χ0) is 18.2. The summed E-state index contributed by atoms with van der Waals surface area (Å²) in [5.41, 5.74) is 1.52. The lowest BCUT2D eigenvalue weighted by molar-refractivity contribution is 0.0383. The van der Waals surface area contributed by atoms with Crippen molar-refractivity contribution >= 4 is 17.5 Å². The minimum Gasteiger partial charge on any atom is -0.379 e. The van der Waals surface area contributed by atoms with Crippen molar-refractivity contribution < 1.29 is 9.53 Å². The van der Waals surface area contributed by atoms with E-state index in [9.17, 15) is 4.79 Å². The average Bonchev–Trinajstić information content (AvgIpc) is 2.70. The molecule has 1 aromatic carbocycles. The van der Waals surface area contributed by atoms with Crippen molar-refractivity contribution in [3.63, 3.8) is 0 Å². The molecule has 1 aromatic heterocycles. The van der Waals surface area contributed by atoms with Gasteiger partial charge in [-0.3, -0.25) is 9.69 Å². The molecular formula is C18H20N6O2. The monoisotopic (exact) mass is 352 g/mol. The molecule has 1 amide bonds. The molecule has 134 valence electrons. The second-order valence-electron chi connectivity index (χ2n) is 5.79. The van der Waals surface area contributed by atoms with Crippen LogP contribution in [0.25, 0.3) is 0 Å². The number of nitrogens with one attached hydrogen (secondary N) is 2. The number of hydrogen-bond acceptors (Lipinski definition) is 7. The number of ether oxygens (including phenoxy) is 1. The summed E-state index contributed by atoms with van der Waals surface area (Å²) in [5, 5.41) is 14.9. The number of anilines is 2. The molecule has 0 radical (unpaired) electrons. The Morgan fingerprint density at radius 2 is 1.96 bits per heavy atom. The molecule has 2 heterocycles. The number of rotatable bonds is 6. The van der Waals surface area contributed by atoms with Crippen molar-refractivity contribution in [2.75, 3.05) is 44.7 Å². The van der Waals surface area contributed by atoms with E-state index in [0.717, 1.165) is 32.8 Å². The normalized spacial score (nSPS) is 14.4. The topological polar surface area (TPSA) is 103 Å². The third kappa shape index (κ3) is 4.75. The van der Waals surface area contributed by atoms with Gasteiger partial charge >= 0.3 is 0 Å². The highest BCUT2D eigenvalue weighted by Crippen LogP contribution is 2.17. The van der Waals surface area contributed by atoms with Gasteiger partial charge in [0.25, 0.3) is 5.91 Å². The number of nitrogens with zero attached hydrogens (tertiary/aromatic N) is 4. The third-order valence-electron chi connectivity index (χ3n) is 4.03. The second kappa shape index (κ2) is 8.89. The molecule has 0 spiro atoms. The summed E-state index contributed by atoms with van der Waals surface area (Å²) in [6.07, 6.45) is 2.93. The zero-order valence-corrected chi connectivity index (χ0v) is 14.3. The van der Waals surface area contributed by atoms with Crippen LogP contribution in [-0.2, 0) is 4.74 Å². The van der Waals surface area contributed by atoms with E-state index in [0.29, 0.717) is 29.3 Å². The van der Waals surface area contributed by atoms with Gasteiger partial charge in [0.15, 0.2) is 0 Å². The Morgan fingerprint density at radius 1 is 1.23 bits per heavy atom. The summed E-state index contributed by atoms with van der Waals surface area (Å²) < 4.78 is 5.30. The van der Waals surface area contributed by atoms with Crippen molar-refractivity contribution in [3.05, 3.63) is 47.8 Å². The molecule has 8 nitrogen and oxygen atoms in total. The van der Waals surface area contributed by atoms with Crippen LogP contribution < -0.4 is 10.6 Å². The molecule has 1 fully saturated rings. The second-order valence-corrected chi connectivity index (χ2v) is 5.79. The third-order valence-corrected chi connectivity index (χ3v) is 4.03. The Hall–Kier alpha value is -3.02. The number of hydrogen-bond donors (Lipinski definition) is 2. The van der Waals surface area contributed by atoms with Crippen LogP contribution in [0.15, 0.2) is 36.7 Å². The van der Waals surface area contributed by atoms with Crippen LogP contribution in [0.2, 0.25) is 0 Å². The molecule has 0 unspecified atom stereocenters. The Kier molecular flexibility index (Phi) is 6.09. The molecule has 3 rings (SSSR count). The van der Waals surface area contributed by atoms with Gasteiger partial charge in [-0.25, -0.2) is 9.97 Å². The first-order chi connectivity index (χ1) is 12.8. The fourth-order valence-electron chi connectivity index (χ4n) is 2.57. The van der Waals surface area contributed by atoms with Crippen LogP contribution in [-0.4, -0.2) is 60.2 Å². The maximum atomic E-state index is 12.2. The van der Waals surface area contributed by atoms with Crippen LogP contribution in [0, 0.1) is 11.3 Å². The fraction of sp³-hybridized carbons (Fsp3) is 0.333. The number of carbonyl (C=O) groups excluding carboxylic acids is 1. The first-order valence-corrected chi connectivity index (χ1v) is 8.43. The Balaban J connectivity index is 1.52. The Morgan fingerprint density at radius 3 is 2.69 bits per heavy atom. The smallest absolute Gasteiger partial charge is 0.254 e. The van der Waals surface area contributed by atoms with Crippen LogP contribution in [0.5, 0.6) is 0 Å². The predicted octanol–water partition coefficient (Wildman–Crippen LogP) is 1.15. The summed E-state index contributed by atoms with van der Waals surface area (Å²) in [4.78, 5) is 22.7. The molecular weight excluding hydrogens is 332 g/mol. The van der Waals surface area contributed by atoms with E-state index in [-0.39, 0.29) is 5.91 Å². The standard InChI is InChI=1S/C18H20N6O2/c19-11-14-3-1-2-4-16(14)23-18-21-12-15(13-22-18)17(25)20-5-6-24-7-9-26-10-8-24/h1-4,12-13H,5-10H2,(H,20,25)(H,21,22,23). The van der Waals surface area contributed by atoms with Crippen LogP contribution >= 0.6 is 0 Å². The lowest BCUT2D eigenvalue weighted by Gasteiger charge is -2.26. The fourth-order valence-corrected chi connectivity index (χ4v) is 2.57. The van der Waals surface area contributed by atoms with Crippen molar-refractivity contribution in [2.24, 2.45) is 0 Å². The maximum absolute atomic E-state index is 12.2. The van der Waals surface area contributed by atoms with E-state index in [2.05, 4.69) is 31.6 Å². The van der Waals surface area contributed by atoms with Crippen LogP contribution in [0.3, 0.4) is 0 Å². The number of nitriles is 1. The molecule has 1 saturated heterocycles. The minimum atomic E-state index is -0.206. The summed E-state index contributed by atoms with van der Waals surface area (Å²) in [6, 6.07) is 9.19. The highest BCUT2D eigenvalue weighted by atomic mass is 16.5. The average molecular weight is 352 g/mol. The molecule has 0 aliphatic carbocycles. The van der Waals surface area contributed by atoms with Gasteiger partial charge in [-0.15, -0.1) is 0 Å². The SMILES string of the molecule is N#Cc1ccccc1Nc1ncc(C(=O)NCCN2CCOCC2)cn1. The van der Waals surface area contributed by atoms with E-state index in [1.165, 1.54) is 12.4 Å². The number of carbonyl (C=O) groups is 1. The number of morpholine rings is 1. The van der Waals surface area contributed by atoms with Crippen molar-refractivity contribution in [1.29, 1.82) is 5.26 Å². The highest BCUT2D eigenvalue weighted by molar-refractivity contribution is 5.93. The molecule has 0 bridgehead atoms. The number of benzene rings is 1. The summed E-state index contributed by atoms with van der Waals surface area (Å²) in [7, 11) is 0.